The number of anilines is 1. The number of aromatic nitrogens is 3. The molecule has 0 fully saturated rings. The van der Waals surface area contributed by atoms with Crippen LogP contribution in [0.15, 0.2) is 78.1 Å². The van der Waals surface area contributed by atoms with Crippen molar-refractivity contribution in [2.24, 2.45) is 0 Å². The second kappa shape index (κ2) is 9.06. The molecule has 0 saturated carbocycles. The zero-order valence-electron chi connectivity index (χ0n) is 14.8. The van der Waals surface area contributed by atoms with E-state index in [1.54, 1.807) is 18.6 Å². The van der Waals surface area contributed by atoms with Crippen LogP contribution >= 0.6 is 24.0 Å². The van der Waals surface area contributed by atoms with Crippen LogP contribution in [-0.2, 0) is 6.18 Å². The van der Waals surface area contributed by atoms with Crippen LogP contribution in [0.4, 0.5) is 18.3 Å². The summed E-state index contributed by atoms with van der Waals surface area (Å²) in [6.45, 7) is 0. The van der Waals surface area contributed by atoms with E-state index in [-0.39, 0.29) is 0 Å². The van der Waals surface area contributed by atoms with Crippen LogP contribution in [0.3, 0.4) is 0 Å². The molecule has 9 heteroatoms. The fourth-order valence-electron chi connectivity index (χ4n) is 2.36. The molecule has 3 heterocycles. The van der Waals surface area contributed by atoms with Crippen molar-refractivity contribution in [3.05, 3.63) is 78.8 Å². The minimum Gasteiger partial charge on any atom is -0.375 e. The molecule has 1 aromatic carbocycles. The number of nitrogens with zero attached hydrogens (tertiary/aromatic N) is 3. The van der Waals surface area contributed by atoms with Crippen LogP contribution in [0, 0.1) is 0 Å². The predicted molar refractivity (Wildman–Crippen MR) is 112 cm³/mol. The molecule has 0 amide bonds. The number of thiazole rings is 1. The van der Waals surface area contributed by atoms with Crippen molar-refractivity contribution in [3.63, 3.8) is 0 Å². The molecule has 0 aliphatic rings. The number of nitrogen functional groups attached to an aromatic ring is 1. The molecule has 0 atom stereocenters. The van der Waals surface area contributed by atoms with Crippen LogP contribution in [0.1, 0.15) is 5.56 Å². The highest BCUT2D eigenvalue weighted by Gasteiger charge is 2.29. The molecule has 29 heavy (non-hydrogen) atoms. The normalized spacial score (nSPS) is 10.9. The van der Waals surface area contributed by atoms with Crippen molar-refractivity contribution < 1.29 is 13.2 Å². The number of alkyl halides is 3. The van der Waals surface area contributed by atoms with Crippen molar-refractivity contribution in [1.29, 1.82) is 0 Å². The van der Waals surface area contributed by atoms with Crippen LogP contribution < -0.4 is 5.73 Å². The van der Waals surface area contributed by atoms with Gasteiger partial charge in [0.15, 0.2) is 5.13 Å². The van der Waals surface area contributed by atoms with Crippen molar-refractivity contribution in [2.45, 2.75) is 11.1 Å². The fourth-order valence-corrected chi connectivity index (χ4v) is 3.36. The van der Waals surface area contributed by atoms with Gasteiger partial charge in [-0.15, -0.1) is 12.6 Å². The summed E-state index contributed by atoms with van der Waals surface area (Å²) in [4.78, 5) is 14.3. The summed E-state index contributed by atoms with van der Waals surface area (Å²) < 4.78 is 35.7. The lowest BCUT2D eigenvalue weighted by atomic mass is 10.1. The van der Waals surface area contributed by atoms with Crippen LogP contribution in [-0.4, -0.2) is 15.0 Å². The topological polar surface area (TPSA) is 64.7 Å². The lowest BCUT2D eigenvalue weighted by molar-refractivity contribution is -0.137. The second-order valence-corrected chi connectivity index (χ2v) is 7.27. The summed E-state index contributed by atoms with van der Waals surface area (Å²) >= 11 is 5.32. The average molecular weight is 432 g/mol. The first-order valence-corrected chi connectivity index (χ1v) is 9.55. The van der Waals surface area contributed by atoms with Gasteiger partial charge in [0, 0.05) is 23.5 Å². The predicted octanol–water partition coefficient (Wildman–Crippen LogP) is 5.84. The molecule has 0 aliphatic heterocycles. The Hall–Kier alpha value is -2.91. The number of nitrogens with two attached hydrogens (primary N) is 1. The van der Waals surface area contributed by atoms with Crippen LogP contribution in [0.25, 0.3) is 21.8 Å². The molecular weight excluding hydrogens is 417 g/mol. The Balaban J connectivity index is 0.000000188. The van der Waals surface area contributed by atoms with Crippen LogP contribution in [0.5, 0.6) is 0 Å². The Bertz CT molecular complexity index is 994. The summed E-state index contributed by atoms with van der Waals surface area (Å²) in [7, 11) is 0. The number of thiol groups is 1. The van der Waals surface area contributed by atoms with E-state index in [2.05, 4.69) is 27.6 Å². The maximum atomic E-state index is 11.9. The Labute approximate surface area is 174 Å². The zero-order valence-corrected chi connectivity index (χ0v) is 16.5. The van der Waals surface area contributed by atoms with Gasteiger partial charge < -0.3 is 5.73 Å². The van der Waals surface area contributed by atoms with E-state index < -0.39 is 11.7 Å². The molecule has 2 N–H and O–H groups in total. The van der Waals surface area contributed by atoms with Gasteiger partial charge >= 0.3 is 6.18 Å². The van der Waals surface area contributed by atoms with Gasteiger partial charge in [-0.05, 0) is 54.1 Å². The Morgan fingerprint density at radius 1 is 0.897 bits per heavy atom. The molecule has 0 spiro atoms. The third kappa shape index (κ3) is 5.55. The molecule has 0 bridgehead atoms. The van der Waals surface area contributed by atoms with E-state index in [0.717, 1.165) is 34.0 Å². The zero-order chi connectivity index (χ0) is 20.9. The van der Waals surface area contributed by atoms with E-state index >= 15 is 0 Å². The van der Waals surface area contributed by atoms with Crippen molar-refractivity contribution in [2.75, 3.05) is 5.73 Å². The quantitative estimate of drug-likeness (QED) is 0.391. The molecule has 0 aliphatic carbocycles. The minimum atomic E-state index is -4.25. The highest BCUT2D eigenvalue weighted by Crippen LogP contribution is 2.36. The Kier molecular flexibility index (Phi) is 6.50. The molecule has 4 nitrogen and oxygen atoms in total. The van der Waals surface area contributed by atoms with Gasteiger partial charge in [-0.1, -0.05) is 17.4 Å². The first-order valence-electron chi connectivity index (χ1n) is 8.29. The number of benzene rings is 1. The van der Waals surface area contributed by atoms with E-state index in [4.69, 9.17) is 5.73 Å². The maximum absolute atomic E-state index is 11.9. The maximum Gasteiger partial charge on any atom is 0.416 e. The third-order valence-electron chi connectivity index (χ3n) is 3.69. The van der Waals surface area contributed by atoms with E-state index in [1.807, 2.05) is 30.3 Å². The summed E-state index contributed by atoms with van der Waals surface area (Å²) in [5.41, 5.74) is 7.88. The van der Waals surface area contributed by atoms with E-state index in [1.165, 1.54) is 23.5 Å². The highest BCUT2D eigenvalue weighted by molar-refractivity contribution is 7.80. The largest absolute Gasteiger partial charge is 0.416 e. The van der Waals surface area contributed by atoms with E-state index in [0.29, 0.717) is 10.0 Å². The van der Waals surface area contributed by atoms with Gasteiger partial charge in [-0.25, -0.2) is 4.98 Å². The summed E-state index contributed by atoms with van der Waals surface area (Å²) in [5.74, 6) is 0. The van der Waals surface area contributed by atoms with Crippen molar-refractivity contribution in [1.82, 2.24) is 15.0 Å². The van der Waals surface area contributed by atoms with Gasteiger partial charge in [0.1, 0.15) is 5.69 Å². The molecule has 0 unspecified atom stereocenters. The average Bonchev–Trinajstić information content (AvgIpc) is 3.11. The van der Waals surface area contributed by atoms with Gasteiger partial charge in [0.25, 0.3) is 0 Å². The summed E-state index contributed by atoms with van der Waals surface area (Å²) in [5, 5.41) is 0.544. The fraction of sp³-hybridized carbons (Fsp3) is 0.0500. The molecule has 0 radical (unpaired) electrons. The lowest BCUT2D eigenvalue weighted by Gasteiger charge is -2.05. The Morgan fingerprint density at radius 2 is 1.59 bits per heavy atom. The smallest absolute Gasteiger partial charge is 0.375 e. The second-order valence-electron chi connectivity index (χ2n) is 5.73. The number of rotatable bonds is 2. The van der Waals surface area contributed by atoms with Gasteiger partial charge in [-0.2, -0.15) is 13.2 Å². The third-order valence-corrected chi connectivity index (χ3v) is 4.92. The van der Waals surface area contributed by atoms with Gasteiger partial charge in [0.05, 0.1) is 16.1 Å². The minimum absolute atomic E-state index is 0.526. The number of pyridine rings is 2. The lowest BCUT2D eigenvalue weighted by Crippen LogP contribution is -2.03. The first-order chi connectivity index (χ1) is 13.8. The molecule has 0 saturated heterocycles. The first kappa shape index (κ1) is 20.8. The molecule has 148 valence electrons. The Morgan fingerprint density at radius 3 is 2.17 bits per heavy atom. The molecular formula is C20H15F3N4S2. The number of hydrogen-bond donors (Lipinski definition) is 2. The van der Waals surface area contributed by atoms with E-state index in [9.17, 15) is 13.2 Å². The SMILES string of the molecule is FC(F)(F)c1ccc(S)cc1.Nc1nc(-c2ccccn2)c(-c2ccncc2)s1. The summed E-state index contributed by atoms with van der Waals surface area (Å²) in [6.07, 6.45) is 1.02. The molecule has 4 aromatic rings. The van der Waals surface area contributed by atoms with Crippen molar-refractivity contribution in [3.8, 4) is 21.8 Å². The van der Waals surface area contributed by atoms with Gasteiger partial charge in [0.2, 0.25) is 0 Å². The highest BCUT2D eigenvalue weighted by atomic mass is 32.1. The summed E-state index contributed by atoms with van der Waals surface area (Å²) in [6, 6.07) is 14.3. The van der Waals surface area contributed by atoms with Crippen molar-refractivity contribution >= 4 is 29.1 Å². The standard InChI is InChI=1S/C13H10N4S.C7H5F3S/c14-13-17-11(10-3-1-2-6-16-10)12(18-13)9-4-7-15-8-5-9;8-7(9,10)5-1-3-6(11)4-2-5/h1-8H,(H2,14,17);1-4,11H. The monoisotopic (exact) mass is 432 g/mol. The van der Waals surface area contributed by atoms with Crippen LogP contribution in [0.2, 0.25) is 0 Å². The molecule has 4 rings (SSSR count). The molecule has 3 aromatic heterocycles. The number of hydrogen-bond acceptors (Lipinski definition) is 6. The number of halogens is 3. The van der Waals surface area contributed by atoms with Gasteiger partial charge in [-0.3, -0.25) is 9.97 Å².